The van der Waals surface area contributed by atoms with Gasteiger partial charge in [-0.1, -0.05) is 6.07 Å². The number of aromatic nitrogens is 2. The van der Waals surface area contributed by atoms with Crippen LogP contribution >= 0.6 is 11.3 Å². The molecule has 0 saturated carbocycles. The molecule has 144 valence electrons. The molecule has 0 fully saturated rings. The van der Waals surface area contributed by atoms with E-state index < -0.39 is 6.61 Å². The Hall–Kier alpha value is -2.68. The fourth-order valence-corrected chi connectivity index (χ4v) is 3.97. The van der Waals surface area contributed by atoms with Gasteiger partial charge in [0.2, 0.25) is 0 Å². The minimum Gasteiger partial charge on any atom is -0.493 e. The third-order valence-electron chi connectivity index (χ3n) is 4.12. The van der Waals surface area contributed by atoms with Gasteiger partial charge >= 0.3 is 6.61 Å². The molecule has 0 radical (unpaired) electrons. The van der Waals surface area contributed by atoms with E-state index in [1.54, 1.807) is 28.8 Å². The molecule has 0 unspecified atom stereocenters. The quantitative estimate of drug-likeness (QED) is 0.637. The van der Waals surface area contributed by atoms with Crippen LogP contribution in [-0.2, 0) is 13.6 Å². The molecule has 2 aromatic heterocycles. The summed E-state index contributed by atoms with van der Waals surface area (Å²) >= 11 is 1.39. The number of hydrogen-bond acceptors (Lipinski definition) is 5. The van der Waals surface area contributed by atoms with E-state index in [2.05, 4.69) is 9.84 Å². The Morgan fingerprint density at radius 2 is 2.07 bits per heavy atom. The Morgan fingerprint density at radius 1 is 1.33 bits per heavy atom. The monoisotopic (exact) mass is 395 g/mol. The molecule has 0 atom stereocenters. The highest BCUT2D eigenvalue weighted by molar-refractivity contribution is 7.20. The lowest BCUT2D eigenvalue weighted by molar-refractivity contribution is -0.0512. The summed E-state index contributed by atoms with van der Waals surface area (Å²) in [4.78, 5) is 15.9. The van der Waals surface area contributed by atoms with Crippen molar-refractivity contribution in [3.63, 3.8) is 0 Å². The maximum atomic E-state index is 12.8. The molecule has 0 bridgehead atoms. The molecule has 0 aliphatic carbocycles. The van der Waals surface area contributed by atoms with Crippen LogP contribution in [0.1, 0.15) is 20.9 Å². The first-order valence-electron chi connectivity index (χ1n) is 8.10. The van der Waals surface area contributed by atoms with Crippen molar-refractivity contribution in [3.8, 4) is 11.5 Å². The van der Waals surface area contributed by atoms with Gasteiger partial charge in [0.05, 0.1) is 17.7 Å². The van der Waals surface area contributed by atoms with Crippen LogP contribution < -0.4 is 9.47 Å². The van der Waals surface area contributed by atoms with Crippen molar-refractivity contribution in [3.05, 3.63) is 40.4 Å². The number of methoxy groups -OCH3 is 1. The molecule has 9 heteroatoms. The van der Waals surface area contributed by atoms with E-state index in [9.17, 15) is 13.6 Å². The molecule has 0 aliphatic heterocycles. The van der Waals surface area contributed by atoms with Crippen molar-refractivity contribution < 1.29 is 23.0 Å². The maximum Gasteiger partial charge on any atom is 0.387 e. The molecule has 1 amide bonds. The zero-order valence-corrected chi connectivity index (χ0v) is 16.1. The molecule has 0 spiro atoms. The fraction of sp³-hybridized carbons (Fsp3) is 0.333. The molecule has 1 aromatic carbocycles. The predicted molar refractivity (Wildman–Crippen MR) is 98.8 cm³/mol. The van der Waals surface area contributed by atoms with E-state index in [0.717, 1.165) is 21.5 Å². The molecule has 2 heterocycles. The Bertz CT molecular complexity index is 949. The van der Waals surface area contributed by atoms with Crippen LogP contribution in [0.5, 0.6) is 11.5 Å². The van der Waals surface area contributed by atoms with E-state index in [1.807, 2.05) is 20.0 Å². The third-order valence-corrected chi connectivity index (χ3v) is 5.31. The lowest BCUT2D eigenvalue weighted by Gasteiger charge is -2.18. The van der Waals surface area contributed by atoms with Gasteiger partial charge in [0.25, 0.3) is 5.91 Å². The molecular weight excluding hydrogens is 376 g/mol. The van der Waals surface area contributed by atoms with Crippen molar-refractivity contribution in [1.82, 2.24) is 14.7 Å². The average Bonchev–Trinajstić information content (AvgIpc) is 3.17. The second-order valence-electron chi connectivity index (χ2n) is 6.06. The number of benzene rings is 1. The predicted octanol–water partition coefficient (Wildman–Crippen LogP) is 3.83. The van der Waals surface area contributed by atoms with Crippen molar-refractivity contribution in [2.45, 2.75) is 20.1 Å². The number of rotatable bonds is 6. The largest absolute Gasteiger partial charge is 0.493 e. The molecule has 3 rings (SSSR count). The maximum absolute atomic E-state index is 12.8. The summed E-state index contributed by atoms with van der Waals surface area (Å²) in [6.45, 7) is -0.724. The number of halogens is 2. The second kappa shape index (κ2) is 7.51. The van der Waals surface area contributed by atoms with Gasteiger partial charge in [-0.05, 0) is 30.7 Å². The van der Waals surface area contributed by atoms with Crippen LogP contribution in [0.4, 0.5) is 8.78 Å². The highest BCUT2D eigenvalue weighted by Crippen LogP contribution is 2.31. The molecule has 6 nitrogen and oxygen atoms in total. The summed E-state index contributed by atoms with van der Waals surface area (Å²) in [5.74, 6) is 0.0254. The van der Waals surface area contributed by atoms with Crippen LogP contribution in [0.25, 0.3) is 10.2 Å². The smallest absolute Gasteiger partial charge is 0.387 e. The van der Waals surface area contributed by atoms with Gasteiger partial charge in [-0.2, -0.15) is 13.9 Å². The minimum absolute atomic E-state index is 0.0438. The number of nitrogens with zero attached hydrogens (tertiary/aromatic N) is 3. The Kier molecular flexibility index (Phi) is 5.31. The summed E-state index contributed by atoms with van der Waals surface area (Å²) in [5, 5.41) is 5.30. The van der Waals surface area contributed by atoms with Crippen LogP contribution in [0.2, 0.25) is 0 Å². The van der Waals surface area contributed by atoms with Gasteiger partial charge in [0.15, 0.2) is 11.5 Å². The van der Waals surface area contributed by atoms with Crippen LogP contribution in [0, 0.1) is 6.92 Å². The first kappa shape index (κ1) is 19.1. The number of carbonyl (C=O) groups is 1. The number of fused-ring (bicyclic) bond motifs is 1. The molecule has 0 saturated heterocycles. The van der Waals surface area contributed by atoms with E-state index in [4.69, 9.17) is 4.74 Å². The highest BCUT2D eigenvalue weighted by atomic mass is 32.1. The number of aryl methyl sites for hydroxylation is 2. The summed E-state index contributed by atoms with van der Waals surface area (Å²) in [6.07, 6.45) is 0. The first-order chi connectivity index (χ1) is 12.8. The number of ether oxygens (including phenoxy) is 2. The van der Waals surface area contributed by atoms with E-state index in [0.29, 0.717) is 11.4 Å². The average molecular weight is 395 g/mol. The van der Waals surface area contributed by atoms with Crippen LogP contribution in [-0.4, -0.2) is 41.4 Å². The molecule has 0 N–H and O–H groups in total. The van der Waals surface area contributed by atoms with Crippen LogP contribution in [0.15, 0.2) is 24.3 Å². The number of amides is 1. The van der Waals surface area contributed by atoms with Gasteiger partial charge in [-0.25, -0.2) is 0 Å². The molecule has 3 aromatic rings. The zero-order valence-electron chi connectivity index (χ0n) is 15.3. The van der Waals surface area contributed by atoms with Gasteiger partial charge in [-0.3, -0.25) is 9.48 Å². The summed E-state index contributed by atoms with van der Waals surface area (Å²) in [6, 6.07) is 6.47. The minimum atomic E-state index is -2.93. The van der Waals surface area contributed by atoms with Crippen molar-refractivity contribution >= 4 is 27.5 Å². The van der Waals surface area contributed by atoms with Crippen molar-refractivity contribution in [2.75, 3.05) is 14.2 Å². The molecular formula is C18H19F2N3O3S. The number of alkyl halides is 2. The number of thiophene rings is 1. The van der Waals surface area contributed by atoms with Gasteiger partial charge in [0, 0.05) is 26.0 Å². The lowest BCUT2D eigenvalue weighted by atomic mass is 10.2. The van der Waals surface area contributed by atoms with Gasteiger partial charge in [0.1, 0.15) is 4.83 Å². The second-order valence-corrected chi connectivity index (χ2v) is 7.09. The summed E-state index contributed by atoms with van der Waals surface area (Å²) in [7, 11) is 4.91. The Morgan fingerprint density at radius 3 is 2.70 bits per heavy atom. The normalized spacial score (nSPS) is 11.2. The summed E-state index contributed by atoms with van der Waals surface area (Å²) in [5.41, 5.74) is 1.62. The van der Waals surface area contributed by atoms with Gasteiger partial charge < -0.3 is 14.4 Å². The standard InChI is InChI=1S/C18H19F2N3O3S/c1-10-12-8-15(27-17(12)23(3)21-10)16(24)22(2)9-11-5-6-13(26-18(19)20)14(7-11)25-4/h5-8,18H,9H2,1-4H3. The first-order valence-corrected chi connectivity index (χ1v) is 8.92. The lowest BCUT2D eigenvalue weighted by Crippen LogP contribution is -2.25. The van der Waals surface area contributed by atoms with Crippen molar-refractivity contribution in [1.29, 1.82) is 0 Å². The Labute approximate surface area is 158 Å². The SMILES string of the molecule is COc1cc(CN(C)C(=O)c2cc3c(C)nn(C)c3s2)ccc1OC(F)F. The Balaban J connectivity index is 1.78. The van der Waals surface area contributed by atoms with Crippen LogP contribution in [0.3, 0.4) is 0 Å². The fourth-order valence-electron chi connectivity index (χ4n) is 2.85. The topological polar surface area (TPSA) is 56.6 Å². The number of carbonyl (C=O) groups excluding carboxylic acids is 1. The van der Waals surface area contributed by atoms with E-state index >= 15 is 0 Å². The van der Waals surface area contributed by atoms with Crippen molar-refractivity contribution in [2.24, 2.45) is 7.05 Å². The van der Waals surface area contributed by atoms with E-state index in [-0.39, 0.29) is 17.4 Å². The number of hydrogen-bond donors (Lipinski definition) is 0. The zero-order chi connectivity index (χ0) is 19.7. The molecule has 27 heavy (non-hydrogen) atoms. The molecule has 0 aliphatic rings. The summed E-state index contributed by atoms with van der Waals surface area (Å²) < 4.78 is 36.1. The third kappa shape index (κ3) is 3.87. The van der Waals surface area contributed by atoms with Gasteiger partial charge in [-0.15, -0.1) is 11.3 Å². The van der Waals surface area contributed by atoms with E-state index in [1.165, 1.54) is 24.5 Å². The highest BCUT2D eigenvalue weighted by Gasteiger charge is 2.19.